The van der Waals surface area contributed by atoms with Gasteiger partial charge in [0.05, 0.1) is 12.4 Å². The lowest BCUT2D eigenvalue weighted by atomic mass is 10.3. The molecule has 5 aromatic rings. The van der Waals surface area contributed by atoms with Crippen LogP contribution in [0, 0.1) is 0 Å². The molecule has 0 aliphatic carbocycles. The van der Waals surface area contributed by atoms with Crippen molar-refractivity contribution in [2.75, 3.05) is 5.32 Å². The Kier molecular flexibility index (Phi) is 3.61. The number of rotatable bonds is 4. The van der Waals surface area contributed by atoms with E-state index in [1.54, 1.807) is 47.5 Å². The summed E-state index contributed by atoms with van der Waals surface area (Å²) in [6.07, 6.45) is 6.38. The minimum absolute atomic E-state index is 0.197. The number of nitrogens with zero attached hydrogens (tertiary/aromatic N) is 7. The molecule has 0 aliphatic heterocycles. The maximum Gasteiger partial charge on any atom is 0.283 e. The number of H-pyrrole nitrogens is 1. The molecule has 0 aromatic carbocycles. The predicted molar refractivity (Wildman–Crippen MR) is 102 cm³/mol. The molecule has 0 saturated carbocycles. The van der Waals surface area contributed by atoms with Crippen LogP contribution < -0.4 is 10.9 Å². The highest BCUT2D eigenvalue weighted by Crippen LogP contribution is 2.21. The highest BCUT2D eigenvalue weighted by Gasteiger charge is 2.20. The molecule has 138 valence electrons. The molecule has 0 fully saturated rings. The van der Waals surface area contributed by atoms with Gasteiger partial charge in [0.15, 0.2) is 17.3 Å². The lowest BCUT2D eigenvalue weighted by molar-refractivity contribution is 0.666. The van der Waals surface area contributed by atoms with Crippen LogP contribution >= 0.6 is 0 Å². The van der Waals surface area contributed by atoms with E-state index in [1.165, 1.54) is 10.9 Å². The monoisotopic (exact) mass is 373 g/mol. The van der Waals surface area contributed by atoms with Crippen molar-refractivity contribution in [1.82, 2.24) is 39.1 Å². The SMILES string of the molecule is C[C@H](Nc1ncnc2nc[nH]c12)c1nn2cccc2c(=O)n1-c1ccccn1. The number of imidazole rings is 1. The Morgan fingerprint density at radius 1 is 1.11 bits per heavy atom. The predicted octanol–water partition coefficient (Wildman–Crippen LogP) is 1.72. The zero-order valence-electron chi connectivity index (χ0n) is 14.8. The lowest BCUT2D eigenvalue weighted by Crippen LogP contribution is -2.29. The molecule has 10 nitrogen and oxygen atoms in total. The molecule has 10 heteroatoms. The third-order valence-corrected chi connectivity index (χ3v) is 4.43. The van der Waals surface area contributed by atoms with Gasteiger partial charge in [-0.1, -0.05) is 6.07 Å². The minimum atomic E-state index is -0.358. The van der Waals surface area contributed by atoms with Crippen molar-refractivity contribution in [3.05, 3.63) is 71.6 Å². The van der Waals surface area contributed by atoms with E-state index < -0.39 is 0 Å². The molecule has 0 saturated heterocycles. The number of hydrogen-bond acceptors (Lipinski definition) is 7. The first kappa shape index (κ1) is 16.1. The van der Waals surface area contributed by atoms with Gasteiger partial charge in [0.2, 0.25) is 0 Å². The van der Waals surface area contributed by atoms with Crippen molar-refractivity contribution in [3.8, 4) is 5.82 Å². The molecule has 0 radical (unpaired) electrons. The molecule has 1 atom stereocenters. The van der Waals surface area contributed by atoms with Gasteiger partial charge in [-0.2, -0.15) is 5.10 Å². The maximum absolute atomic E-state index is 13.1. The topological polar surface area (TPSA) is 119 Å². The zero-order valence-corrected chi connectivity index (χ0v) is 14.8. The average Bonchev–Trinajstić information content (AvgIpc) is 3.38. The Morgan fingerprint density at radius 3 is 2.89 bits per heavy atom. The summed E-state index contributed by atoms with van der Waals surface area (Å²) >= 11 is 0. The molecule has 5 heterocycles. The van der Waals surface area contributed by atoms with Gasteiger partial charge < -0.3 is 10.3 Å². The highest BCUT2D eigenvalue weighted by molar-refractivity contribution is 5.82. The molecular formula is C18H15N9O. The molecule has 0 bridgehead atoms. The third kappa shape index (κ3) is 2.50. The first-order valence-electron chi connectivity index (χ1n) is 8.64. The van der Waals surface area contributed by atoms with Crippen LogP contribution in [0.25, 0.3) is 22.5 Å². The van der Waals surface area contributed by atoms with Gasteiger partial charge in [-0.3, -0.25) is 4.79 Å². The van der Waals surface area contributed by atoms with Crippen molar-refractivity contribution < 1.29 is 0 Å². The Bertz CT molecular complexity index is 1340. The second-order valence-corrected chi connectivity index (χ2v) is 6.21. The van der Waals surface area contributed by atoms with E-state index in [-0.39, 0.29) is 11.6 Å². The lowest BCUT2D eigenvalue weighted by Gasteiger charge is -2.19. The van der Waals surface area contributed by atoms with Gasteiger partial charge in [0.1, 0.15) is 23.2 Å². The van der Waals surface area contributed by atoms with E-state index in [2.05, 4.69) is 35.3 Å². The fraction of sp³-hybridized carbons (Fsp3) is 0.111. The number of aromatic nitrogens is 8. The maximum atomic E-state index is 13.1. The number of aromatic amines is 1. The molecule has 0 aliphatic rings. The molecule has 0 spiro atoms. The normalized spacial score (nSPS) is 12.5. The van der Waals surface area contributed by atoms with E-state index in [1.807, 2.05) is 13.0 Å². The van der Waals surface area contributed by atoms with Crippen LogP contribution in [0.15, 0.2) is 60.2 Å². The van der Waals surface area contributed by atoms with E-state index in [0.29, 0.717) is 34.1 Å². The van der Waals surface area contributed by atoms with Gasteiger partial charge in [0, 0.05) is 12.4 Å². The molecule has 5 rings (SSSR count). The largest absolute Gasteiger partial charge is 0.358 e. The average molecular weight is 373 g/mol. The van der Waals surface area contributed by atoms with E-state index in [0.717, 1.165) is 0 Å². The van der Waals surface area contributed by atoms with Crippen molar-refractivity contribution in [1.29, 1.82) is 0 Å². The number of hydrogen-bond donors (Lipinski definition) is 2. The summed E-state index contributed by atoms with van der Waals surface area (Å²) in [6, 6.07) is 8.56. The molecule has 5 aromatic heterocycles. The number of fused-ring (bicyclic) bond motifs is 2. The molecule has 0 unspecified atom stereocenters. The first-order chi connectivity index (χ1) is 13.7. The third-order valence-electron chi connectivity index (χ3n) is 4.43. The van der Waals surface area contributed by atoms with Gasteiger partial charge in [-0.05, 0) is 31.2 Å². The van der Waals surface area contributed by atoms with Crippen LogP contribution in [0.1, 0.15) is 18.8 Å². The number of pyridine rings is 1. The quantitative estimate of drug-likeness (QED) is 0.492. The molecule has 2 N–H and O–H groups in total. The second kappa shape index (κ2) is 6.27. The second-order valence-electron chi connectivity index (χ2n) is 6.21. The molecule has 0 amide bonds. The fourth-order valence-corrected chi connectivity index (χ4v) is 3.13. The summed E-state index contributed by atoms with van der Waals surface area (Å²) in [5.74, 6) is 1.57. The summed E-state index contributed by atoms with van der Waals surface area (Å²) < 4.78 is 3.08. The van der Waals surface area contributed by atoms with Crippen molar-refractivity contribution in [3.63, 3.8) is 0 Å². The Morgan fingerprint density at radius 2 is 2.04 bits per heavy atom. The van der Waals surface area contributed by atoms with E-state index in [4.69, 9.17) is 0 Å². The molecular weight excluding hydrogens is 358 g/mol. The van der Waals surface area contributed by atoms with Gasteiger partial charge in [-0.15, -0.1) is 0 Å². The van der Waals surface area contributed by atoms with Crippen molar-refractivity contribution in [2.24, 2.45) is 0 Å². The summed E-state index contributed by atoms with van der Waals surface area (Å²) in [7, 11) is 0. The van der Waals surface area contributed by atoms with Crippen LogP contribution in [0.2, 0.25) is 0 Å². The smallest absolute Gasteiger partial charge is 0.283 e. The van der Waals surface area contributed by atoms with Gasteiger partial charge in [-0.25, -0.2) is 29.0 Å². The Labute approximate surface area is 157 Å². The van der Waals surface area contributed by atoms with Crippen molar-refractivity contribution in [2.45, 2.75) is 13.0 Å². The fourth-order valence-electron chi connectivity index (χ4n) is 3.13. The van der Waals surface area contributed by atoms with Crippen LogP contribution in [-0.2, 0) is 0 Å². The van der Waals surface area contributed by atoms with Crippen LogP contribution in [-0.4, -0.2) is 39.1 Å². The summed E-state index contributed by atoms with van der Waals surface area (Å²) in [5.41, 5.74) is 1.51. The standard InChI is InChI=1S/C18H15N9O/c1-11(24-16-14-15(21-9-20-14)22-10-23-16)17-25-26-8-4-5-12(26)18(28)27(17)13-6-2-3-7-19-13/h2-11H,1H3,(H2,20,21,22,23,24)/t11-/m0/s1. The van der Waals surface area contributed by atoms with Crippen LogP contribution in [0.5, 0.6) is 0 Å². The highest BCUT2D eigenvalue weighted by atomic mass is 16.1. The summed E-state index contributed by atoms with van der Waals surface area (Å²) in [6.45, 7) is 1.90. The van der Waals surface area contributed by atoms with E-state index >= 15 is 0 Å². The zero-order chi connectivity index (χ0) is 19.1. The van der Waals surface area contributed by atoms with Gasteiger partial charge >= 0.3 is 0 Å². The minimum Gasteiger partial charge on any atom is -0.358 e. The van der Waals surface area contributed by atoms with E-state index in [9.17, 15) is 4.79 Å². The Hall–Kier alpha value is -4.08. The number of anilines is 1. The number of nitrogens with one attached hydrogen (secondary N) is 2. The molecule has 28 heavy (non-hydrogen) atoms. The van der Waals surface area contributed by atoms with Crippen LogP contribution in [0.3, 0.4) is 0 Å². The Balaban J connectivity index is 1.67. The first-order valence-corrected chi connectivity index (χ1v) is 8.64. The van der Waals surface area contributed by atoms with Crippen molar-refractivity contribution >= 4 is 22.5 Å². The summed E-state index contributed by atoms with van der Waals surface area (Å²) in [4.78, 5) is 33.0. The summed E-state index contributed by atoms with van der Waals surface area (Å²) in [5, 5.41) is 7.94. The van der Waals surface area contributed by atoms with Crippen LogP contribution in [0.4, 0.5) is 5.82 Å². The van der Waals surface area contributed by atoms with Gasteiger partial charge in [0.25, 0.3) is 5.56 Å².